The summed E-state index contributed by atoms with van der Waals surface area (Å²) in [6.45, 7) is 6.88. The van der Waals surface area contributed by atoms with Gasteiger partial charge in [0, 0.05) is 24.2 Å². The lowest BCUT2D eigenvalue weighted by Gasteiger charge is -2.29. The molecule has 0 radical (unpaired) electrons. The molecule has 0 spiro atoms. The Morgan fingerprint density at radius 2 is 1.95 bits per heavy atom. The Morgan fingerprint density at radius 3 is 2.57 bits per heavy atom. The van der Waals surface area contributed by atoms with Crippen LogP contribution < -0.4 is 0 Å². The van der Waals surface area contributed by atoms with Crippen LogP contribution in [0, 0.1) is 0 Å². The van der Waals surface area contributed by atoms with Crippen LogP contribution in [0.1, 0.15) is 65.0 Å². The van der Waals surface area contributed by atoms with Gasteiger partial charge in [0.2, 0.25) is 0 Å². The third kappa shape index (κ3) is 3.55. The van der Waals surface area contributed by atoms with Gasteiger partial charge in [0.1, 0.15) is 17.7 Å². The van der Waals surface area contributed by atoms with Crippen LogP contribution in [0.5, 0.6) is 0 Å². The summed E-state index contributed by atoms with van der Waals surface area (Å²) >= 11 is 0. The third-order valence-corrected chi connectivity index (χ3v) is 4.33. The van der Waals surface area contributed by atoms with Crippen molar-refractivity contribution in [3.63, 3.8) is 0 Å². The lowest BCUT2D eigenvalue weighted by atomic mass is 9.77. The van der Waals surface area contributed by atoms with Crippen molar-refractivity contribution < 1.29 is 4.52 Å². The minimum Gasteiger partial charge on any atom is -0.364 e. The second kappa shape index (κ2) is 6.92. The summed E-state index contributed by atoms with van der Waals surface area (Å²) in [5.41, 5.74) is 3.20. The minimum absolute atomic E-state index is 0.188. The van der Waals surface area contributed by atoms with Crippen molar-refractivity contribution in [3.8, 4) is 11.4 Å². The molecule has 2 aromatic rings. The van der Waals surface area contributed by atoms with Crippen LogP contribution >= 0.6 is 0 Å². The molecule has 0 N–H and O–H groups in total. The number of aryl methyl sites for hydroxylation is 1. The van der Waals surface area contributed by atoms with E-state index in [2.05, 4.69) is 37.1 Å². The fraction of sp³-hybridized carbons (Fsp3) is 0.647. The van der Waals surface area contributed by atoms with Gasteiger partial charge in [0.05, 0.1) is 0 Å². The average Bonchev–Trinajstić information content (AvgIpc) is 3.08. The zero-order chi connectivity index (χ0) is 15.3. The van der Waals surface area contributed by atoms with Crippen LogP contribution in [0.25, 0.3) is 11.4 Å². The molecular weight excluding hydrogens is 262 g/mol. The lowest BCUT2D eigenvalue weighted by Crippen LogP contribution is -2.25. The van der Waals surface area contributed by atoms with Gasteiger partial charge in [-0.2, -0.15) is 5.10 Å². The van der Waals surface area contributed by atoms with Crippen molar-refractivity contribution >= 4 is 0 Å². The Kier molecular flexibility index (Phi) is 5.21. The number of unbranched alkanes of at least 4 members (excludes halogenated alkanes) is 2. The fourth-order valence-corrected chi connectivity index (χ4v) is 3.20. The SMILES string of the molecule is CCCCCC(C)(CCC)c1cc(-c2ccon2)nn1C. The van der Waals surface area contributed by atoms with Gasteiger partial charge in [-0.15, -0.1) is 0 Å². The highest BCUT2D eigenvalue weighted by atomic mass is 16.5. The molecule has 0 aliphatic carbocycles. The number of aromatic nitrogens is 3. The van der Waals surface area contributed by atoms with Gasteiger partial charge < -0.3 is 4.52 Å². The first kappa shape index (κ1) is 15.8. The van der Waals surface area contributed by atoms with E-state index in [0.717, 1.165) is 11.4 Å². The van der Waals surface area contributed by atoms with Gasteiger partial charge >= 0.3 is 0 Å². The quantitative estimate of drug-likeness (QED) is 0.661. The van der Waals surface area contributed by atoms with Gasteiger partial charge in [-0.25, -0.2) is 0 Å². The van der Waals surface area contributed by atoms with Gasteiger partial charge in [0.15, 0.2) is 0 Å². The molecule has 0 amide bonds. The van der Waals surface area contributed by atoms with Crippen molar-refractivity contribution in [2.75, 3.05) is 0 Å². The molecule has 2 heterocycles. The Balaban J connectivity index is 2.27. The molecule has 21 heavy (non-hydrogen) atoms. The predicted molar refractivity (Wildman–Crippen MR) is 85.1 cm³/mol. The van der Waals surface area contributed by atoms with Crippen LogP contribution in [0.15, 0.2) is 22.9 Å². The van der Waals surface area contributed by atoms with Crippen LogP contribution in [-0.4, -0.2) is 14.9 Å². The smallest absolute Gasteiger partial charge is 0.134 e. The zero-order valence-corrected chi connectivity index (χ0v) is 13.7. The summed E-state index contributed by atoms with van der Waals surface area (Å²) in [5, 5.41) is 8.62. The molecular formula is C17H27N3O. The first-order valence-corrected chi connectivity index (χ1v) is 8.06. The van der Waals surface area contributed by atoms with E-state index in [1.165, 1.54) is 44.2 Å². The maximum absolute atomic E-state index is 4.93. The Bertz CT molecular complexity index is 544. The number of rotatable bonds is 8. The molecule has 0 bridgehead atoms. The molecule has 0 aliphatic rings. The predicted octanol–water partition coefficient (Wildman–Crippen LogP) is 4.71. The topological polar surface area (TPSA) is 43.9 Å². The van der Waals surface area contributed by atoms with Crippen molar-refractivity contribution in [3.05, 3.63) is 24.1 Å². The lowest BCUT2D eigenvalue weighted by molar-refractivity contribution is 0.355. The molecule has 4 heteroatoms. The standard InChI is InChI=1S/C17H27N3O/c1-5-7-8-11-17(3,10-6-2)16-13-15(18-20(16)4)14-9-12-21-19-14/h9,12-13H,5-8,10-11H2,1-4H3. The van der Waals surface area contributed by atoms with Crippen molar-refractivity contribution in [1.29, 1.82) is 0 Å². The second-order valence-corrected chi connectivity index (χ2v) is 6.19. The number of nitrogens with zero attached hydrogens (tertiary/aromatic N) is 3. The molecule has 0 saturated carbocycles. The Morgan fingerprint density at radius 1 is 1.14 bits per heavy atom. The van der Waals surface area contributed by atoms with Crippen LogP contribution in [-0.2, 0) is 12.5 Å². The summed E-state index contributed by atoms with van der Waals surface area (Å²) in [5.74, 6) is 0. The maximum Gasteiger partial charge on any atom is 0.134 e. The summed E-state index contributed by atoms with van der Waals surface area (Å²) in [6.07, 6.45) is 9.02. The molecule has 2 rings (SSSR count). The van der Waals surface area contributed by atoms with Crippen molar-refractivity contribution in [2.45, 2.75) is 64.7 Å². The number of hydrogen-bond acceptors (Lipinski definition) is 3. The minimum atomic E-state index is 0.188. The van der Waals surface area contributed by atoms with E-state index in [1.54, 1.807) is 6.26 Å². The average molecular weight is 289 g/mol. The maximum atomic E-state index is 4.93. The Labute approximate surface area is 127 Å². The first-order valence-electron chi connectivity index (χ1n) is 8.06. The van der Waals surface area contributed by atoms with Crippen LogP contribution in [0.2, 0.25) is 0 Å². The normalized spacial score (nSPS) is 14.3. The highest BCUT2D eigenvalue weighted by Crippen LogP contribution is 2.36. The summed E-state index contributed by atoms with van der Waals surface area (Å²) in [7, 11) is 2.03. The second-order valence-electron chi connectivity index (χ2n) is 6.19. The summed E-state index contributed by atoms with van der Waals surface area (Å²) in [6, 6.07) is 4.04. The summed E-state index contributed by atoms with van der Waals surface area (Å²) in [4.78, 5) is 0. The van der Waals surface area contributed by atoms with E-state index in [0.29, 0.717) is 0 Å². The van der Waals surface area contributed by atoms with Crippen LogP contribution in [0.4, 0.5) is 0 Å². The molecule has 4 nitrogen and oxygen atoms in total. The molecule has 0 saturated heterocycles. The van der Waals surface area contributed by atoms with E-state index in [4.69, 9.17) is 4.52 Å². The summed E-state index contributed by atoms with van der Waals surface area (Å²) < 4.78 is 6.95. The molecule has 1 atom stereocenters. The highest BCUT2D eigenvalue weighted by Gasteiger charge is 2.29. The van der Waals surface area contributed by atoms with Gasteiger partial charge in [-0.1, -0.05) is 51.6 Å². The highest BCUT2D eigenvalue weighted by molar-refractivity contribution is 5.53. The zero-order valence-electron chi connectivity index (χ0n) is 13.7. The van der Waals surface area contributed by atoms with Gasteiger partial charge in [0.25, 0.3) is 0 Å². The van der Waals surface area contributed by atoms with E-state index in [9.17, 15) is 0 Å². The molecule has 116 valence electrons. The monoisotopic (exact) mass is 289 g/mol. The Hall–Kier alpha value is -1.58. The van der Waals surface area contributed by atoms with Gasteiger partial charge in [-0.3, -0.25) is 4.68 Å². The first-order chi connectivity index (χ1) is 10.1. The van der Waals surface area contributed by atoms with Crippen molar-refractivity contribution in [1.82, 2.24) is 14.9 Å². The molecule has 2 aromatic heterocycles. The number of hydrogen-bond donors (Lipinski definition) is 0. The van der Waals surface area contributed by atoms with Crippen molar-refractivity contribution in [2.24, 2.45) is 7.05 Å². The van der Waals surface area contributed by atoms with E-state index < -0.39 is 0 Å². The third-order valence-electron chi connectivity index (χ3n) is 4.33. The van der Waals surface area contributed by atoms with Gasteiger partial charge in [-0.05, 0) is 18.9 Å². The molecule has 0 fully saturated rings. The van der Waals surface area contributed by atoms with E-state index in [-0.39, 0.29) is 5.41 Å². The molecule has 1 unspecified atom stereocenters. The largest absolute Gasteiger partial charge is 0.364 e. The van der Waals surface area contributed by atoms with E-state index >= 15 is 0 Å². The van der Waals surface area contributed by atoms with Crippen LogP contribution in [0.3, 0.4) is 0 Å². The molecule has 0 aliphatic heterocycles. The van der Waals surface area contributed by atoms with E-state index in [1.807, 2.05) is 17.8 Å². The molecule has 0 aromatic carbocycles. The fourth-order valence-electron chi connectivity index (χ4n) is 3.20.